The molecule has 0 saturated carbocycles. The first kappa shape index (κ1) is 15.5. The van der Waals surface area contributed by atoms with Crippen LogP contribution in [0, 0.1) is 17.2 Å². The highest BCUT2D eigenvalue weighted by Gasteiger charge is 2.23. The maximum Gasteiger partial charge on any atom is 0.245 e. The summed E-state index contributed by atoms with van der Waals surface area (Å²) in [5.41, 5.74) is 1.82. The minimum atomic E-state index is -0.0641. The van der Waals surface area contributed by atoms with Gasteiger partial charge in [-0.05, 0) is 30.5 Å². The third-order valence-corrected chi connectivity index (χ3v) is 3.77. The topological polar surface area (TPSA) is 65.4 Å². The predicted molar refractivity (Wildman–Crippen MR) is 79.4 cm³/mol. The molecule has 1 aliphatic rings. The fourth-order valence-corrected chi connectivity index (χ4v) is 2.67. The number of hydrogen-bond acceptors (Lipinski definition) is 4. The van der Waals surface area contributed by atoms with Crippen LogP contribution in [-0.2, 0) is 16.1 Å². The Hall–Kier alpha value is -1.90. The lowest BCUT2D eigenvalue weighted by Crippen LogP contribution is -2.33. The molecule has 0 radical (unpaired) electrons. The lowest BCUT2D eigenvalue weighted by molar-refractivity contribution is -0.124. The number of likely N-dealkylation sites (tertiary alicyclic amines) is 1. The van der Waals surface area contributed by atoms with Crippen molar-refractivity contribution >= 4 is 5.91 Å². The Morgan fingerprint density at radius 3 is 3.10 bits per heavy atom. The molecule has 1 heterocycles. The van der Waals surface area contributed by atoms with Gasteiger partial charge in [-0.3, -0.25) is 9.69 Å². The minimum Gasteiger partial charge on any atom is -0.375 e. The largest absolute Gasteiger partial charge is 0.375 e. The van der Waals surface area contributed by atoms with E-state index in [1.54, 1.807) is 0 Å². The molecule has 1 N–H and O–H groups in total. The molecule has 0 spiro atoms. The van der Waals surface area contributed by atoms with E-state index >= 15 is 0 Å². The lowest BCUT2D eigenvalue weighted by atomic mass is 10.1. The van der Waals surface area contributed by atoms with E-state index in [-0.39, 0.29) is 12.5 Å². The molecule has 1 aliphatic heterocycles. The van der Waals surface area contributed by atoms with Gasteiger partial charge < -0.3 is 10.1 Å². The summed E-state index contributed by atoms with van der Waals surface area (Å²) in [6, 6.07) is 9.95. The molecule has 1 fully saturated rings. The molecule has 1 atom stereocenters. The molecule has 21 heavy (non-hydrogen) atoms. The Morgan fingerprint density at radius 2 is 2.33 bits per heavy atom. The first-order valence-corrected chi connectivity index (χ1v) is 7.19. The molecule has 1 aromatic rings. The Morgan fingerprint density at radius 1 is 1.52 bits per heavy atom. The predicted octanol–water partition coefficient (Wildman–Crippen LogP) is 1.14. The second-order valence-corrected chi connectivity index (χ2v) is 5.40. The van der Waals surface area contributed by atoms with E-state index in [0.717, 1.165) is 37.2 Å². The number of nitrogens with zero attached hydrogens (tertiary/aromatic N) is 2. The van der Waals surface area contributed by atoms with Gasteiger partial charge >= 0.3 is 0 Å². The van der Waals surface area contributed by atoms with Crippen LogP contribution in [0.1, 0.15) is 17.5 Å². The first-order chi connectivity index (χ1) is 10.2. The fourth-order valence-electron chi connectivity index (χ4n) is 2.67. The minimum absolute atomic E-state index is 0.0641. The average molecular weight is 287 g/mol. The number of nitriles is 1. The molecular formula is C16H21N3O2. The fraction of sp³-hybridized carbons (Fsp3) is 0.500. The van der Waals surface area contributed by atoms with Gasteiger partial charge in [-0.1, -0.05) is 18.2 Å². The van der Waals surface area contributed by atoms with Crippen molar-refractivity contribution < 1.29 is 9.53 Å². The number of benzene rings is 1. The maximum atomic E-state index is 11.4. The molecule has 0 aliphatic carbocycles. The summed E-state index contributed by atoms with van der Waals surface area (Å²) in [5, 5.41) is 12.0. The third-order valence-electron chi connectivity index (χ3n) is 3.77. The van der Waals surface area contributed by atoms with Crippen LogP contribution in [0.5, 0.6) is 0 Å². The maximum absolute atomic E-state index is 11.4. The number of nitrogens with one attached hydrogen (secondary N) is 1. The summed E-state index contributed by atoms with van der Waals surface area (Å²) in [7, 11) is 1.52. The van der Waals surface area contributed by atoms with Crippen LogP contribution in [0.25, 0.3) is 0 Å². The molecule has 5 heteroatoms. The highest BCUT2D eigenvalue weighted by atomic mass is 16.5. The van der Waals surface area contributed by atoms with Crippen LogP contribution in [0.2, 0.25) is 0 Å². The van der Waals surface area contributed by atoms with Gasteiger partial charge in [0.1, 0.15) is 6.61 Å². The summed E-state index contributed by atoms with van der Waals surface area (Å²) in [4.78, 5) is 13.7. The van der Waals surface area contributed by atoms with Gasteiger partial charge in [-0.15, -0.1) is 0 Å². The zero-order valence-electron chi connectivity index (χ0n) is 12.3. The molecule has 5 nitrogen and oxygen atoms in total. The lowest BCUT2D eigenvalue weighted by Gasteiger charge is -2.17. The second-order valence-electron chi connectivity index (χ2n) is 5.40. The normalized spacial score (nSPS) is 18.4. The monoisotopic (exact) mass is 287 g/mol. The van der Waals surface area contributed by atoms with Crippen LogP contribution < -0.4 is 5.32 Å². The van der Waals surface area contributed by atoms with Crippen LogP contribution in [-0.4, -0.2) is 44.2 Å². The Balaban J connectivity index is 1.80. The van der Waals surface area contributed by atoms with Gasteiger partial charge in [0.2, 0.25) is 5.91 Å². The van der Waals surface area contributed by atoms with E-state index in [4.69, 9.17) is 10.00 Å². The van der Waals surface area contributed by atoms with E-state index in [1.807, 2.05) is 24.3 Å². The van der Waals surface area contributed by atoms with Crippen molar-refractivity contribution in [2.45, 2.75) is 13.0 Å². The van der Waals surface area contributed by atoms with Gasteiger partial charge in [0, 0.05) is 26.7 Å². The highest BCUT2D eigenvalue weighted by molar-refractivity contribution is 5.77. The Kier molecular flexibility index (Phi) is 5.73. The van der Waals surface area contributed by atoms with Gasteiger partial charge in [0.05, 0.1) is 11.6 Å². The van der Waals surface area contributed by atoms with Crippen LogP contribution >= 0.6 is 0 Å². The van der Waals surface area contributed by atoms with E-state index in [0.29, 0.717) is 12.5 Å². The van der Waals surface area contributed by atoms with Crippen molar-refractivity contribution in [2.75, 3.05) is 33.4 Å². The summed E-state index contributed by atoms with van der Waals surface area (Å²) >= 11 is 0. The van der Waals surface area contributed by atoms with E-state index in [2.05, 4.69) is 16.3 Å². The average Bonchev–Trinajstić information content (AvgIpc) is 2.94. The Labute approximate surface area is 125 Å². The zero-order chi connectivity index (χ0) is 15.1. The first-order valence-electron chi connectivity index (χ1n) is 7.19. The van der Waals surface area contributed by atoms with Crippen molar-refractivity contribution in [1.82, 2.24) is 10.2 Å². The van der Waals surface area contributed by atoms with Crippen molar-refractivity contribution in [1.29, 1.82) is 5.26 Å². The number of rotatable bonds is 6. The highest BCUT2D eigenvalue weighted by Crippen LogP contribution is 2.19. The van der Waals surface area contributed by atoms with Crippen LogP contribution in [0.3, 0.4) is 0 Å². The van der Waals surface area contributed by atoms with Gasteiger partial charge in [-0.25, -0.2) is 0 Å². The van der Waals surface area contributed by atoms with Crippen molar-refractivity contribution in [3.05, 3.63) is 35.4 Å². The second kappa shape index (κ2) is 7.77. The summed E-state index contributed by atoms with van der Waals surface area (Å²) in [5.74, 6) is 0.408. The number of carbonyl (C=O) groups excluding carboxylic acids is 1. The molecule has 0 aromatic heterocycles. The van der Waals surface area contributed by atoms with Crippen LogP contribution in [0.15, 0.2) is 24.3 Å². The summed E-state index contributed by atoms with van der Waals surface area (Å²) in [6.45, 7) is 3.56. The molecule has 1 amide bonds. The van der Waals surface area contributed by atoms with Crippen molar-refractivity contribution in [2.24, 2.45) is 5.92 Å². The smallest absolute Gasteiger partial charge is 0.245 e. The zero-order valence-corrected chi connectivity index (χ0v) is 12.3. The van der Waals surface area contributed by atoms with Crippen molar-refractivity contribution in [3.8, 4) is 6.07 Å². The van der Waals surface area contributed by atoms with E-state index in [9.17, 15) is 4.79 Å². The quantitative estimate of drug-likeness (QED) is 0.852. The molecule has 112 valence electrons. The number of amides is 1. The Bertz CT molecular complexity index is 524. The third kappa shape index (κ3) is 4.55. The number of carbonyl (C=O) groups is 1. The molecule has 1 saturated heterocycles. The van der Waals surface area contributed by atoms with E-state index in [1.165, 1.54) is 7.11 Å². The molecule has 0 bridgehead atoms. The number of hydrogen-bond donors (Lipinski definition) is 1. The van der Waals surface area contributed by atoms with Gasteiger partial charge in [0.15, 0.2) is 0 Å². The summed E-state index contributed by atoms with van der Waals surface area (Å²) in [6.07, 6.45) is 1.07. The summed E-state index contributed by atoms with van der Waals surface area (Å²) < 4.78 is 4.79. The number of methoxy groups -OCH3 is 1. The molecule has 0 unspecified atom stereocenters. The molecular weight excluding hydrogens is 266 g/mol. The van der Waals surface area contributed by atoms with E-state index < -0.39 is 0 Å². The molecule has 1 aromatic carbocycles. The molecule has 2 rings (SSSR count). The standard InChI is InChI=1S/C16H21N3O2/c1-21-12-16(20)18-9-13-6-7-19(10-13)11-15-5-3-2-4-14(15)8-17/h2-5,13H,6-7,9-12H2,1H3,(H,18,20)/t13-/m1/s1. The van der Waals surface area contributed by atoms with Gasteiger partial charge in [0.25, 0.3) is 0 Å². The van der Waals surface area contributed by atoms with Crippen LogP contribution in [0.4, 0.5) is 0 Å². The SMILES string of the molecule is COCC(=O)NC[C@H]1CCN(Cc2ccccc2C#N)C1. The number of ether oxygens (including phenoxy) is 1. The van der Waals surface area contributed by atoms with Gasteiger partial charge in [-0.2, -0.15) is 5.26 Å². The van der Waals surface area contributed by atoms with Crippen molar-refractivity contribution in [3.63, 3.8) is 0 Å².